The zero-order valence-electron chi connectivity index (χ0n) is 11.6. The van der Waals surface area contributed by atoms with Gasteiger partial charge in [0.2, 0.25) is 5.91 Å². The molecule has 1 fully saturated rings. The van der Waals surface area contributed by atoms with E-state index >= 15 is 0 Å². The Bertz CT molecular complexity index is 259. The van der Waals surface area contributed by atoms with Gasteiger partial charge in [-0.2, -0.15) is 0 Å². The molecular weight excluding hydrogens is 214 g/mol. The standard InChI is InChI=1S/C13H27N3O/c1-10(2)15-13(4,12(14)17)9-16-7-5-11(3)6-8-16/h10-11,15H,5-9H2,1-4H3,(H2,14,17). The minimum Gasteiger partial charge on any atom is -0.368 e. The molecule has 1 unspecified atom stereocenters. The molecule has 4 nitrogen and oxygen atoms in total. The Labute approximate surface area is 105 Å². The third kappa shape index (κ3) is 4.28. The van der Waals surface area contributed by atoms with Gasteiger partial charge in [-0.15, -0.1) is 0 Å². The zero-order chi connectivity index (χ0) is 13.1. The molecule has 0 aromatic heterocycles. The summed E-state index contributed by atoms with van der Waals surface area (Å²) in [6.45, 7) is 11.1. The fraction of sp³-hybridized carbons (Fsp3) is 0.923. The van der Waals surface area contributed by atoms with Crippen LogP contribution in [0.25, 0.3) is 0 Å². The number of primary amides is 1. The summed E-state index contributed by atoms with van der Waals surface area (Å²) in [4.78, 5) is 14.0. The van der Waals surface area contributed by atoms with Crippen LogP contribution in [0.15, 0.2) is 0 Å². The van der Waals surface area contributed by atoms with Gasteiger partial charge < -0.3 is 16.0 Å². The molecule has 0 aliphatic carbocycles. The maximum atomic E-state index is 11.6. The summed E-state index contributed by atoms with van der Waals surface area (Å²) in [5.74, 6) is 0.550. The predicted octanol–water partition coefficient (Wildman–Crippen LogP) is 0.960. The number of nitrogens with zero attached hydrogens (tertiary/aromatic N) is 1. The molecule has 4 heteroatoms. The highest BCUT2D eigenvalue weighted by Gasteiger charge is 2.34. The second-order valence-electron chi connectivity index (χ2n) is 5.95. The second kappa shape index (κ2) is 5.83. The molecule has 1 amide bonds. The van der Waals surface area contributed by atoms with Crippen molar-refractivity contribution >= 4 is 5.91 Å². The summed E-state index contributed by atoms with van der Waals surface area (Å²) in [6.07, 6.45) is 2.44. The fourth-order valence-electron chi connectivity index (χ4n) is 2.50. The number of hydrogen-bond donors (Lipinski definition) is 2. The van der Waals surface area contributed by atoms with Crippen LogP contribution < -0.4 is 11.1 Å². The molecule has 0 spiro atoms. The van der Waals surface area contributed by atoms with Crippen LogP contribution in [0.3, 0.4) is 0 Å². The SMILES string of the molecule is CC1CCN(CC(C)(NC(C)C)C(N)=O)CC1. The Kier molecular flexibility index (Phi) is 4.95. The van der Waals surface area contributed by atoms with Gasteiger partial charge in [0.05, 0.1) is 0 Å². The number of nitrogens with one attached hydrogen (secondary N) is 1. The first kappa shape index (κ1) is 14.5. The van der Waals surface area contributed by atoms with Crippen LogP contribution in [0.2, 0.25) is 0 Å². The Hall–Kier alpha value is -0.610. The van der Waals surface area contributed by atoms with E-state index in [1.54, 1.807) is 0 Å². The van der Waals surface area contributed by atoms with Crippen LogP contribution >= 0.6 is 0 Å². The number of piperidine rings is 1. The number of carbonyl (C=O) groups excluding carboxylic acids is 1. The summed E-state index contributed by atoms with van der Waals surface area (Å²) < 4.78 is 0. The first-order chi connectivity index (χ1) is 7.83. The fourth-order valence-corrected chi connectivity index (χ4v) is 2.50. The van der Waals surface area contributed by atoms with Gasteiger partial charge in [-0.05, 0) is 52.6 Å². The Balaban J connectivity index is 2.57. The number of hydrogen-bond acceptors (Lipinski definition) is 3. The summed E-state index contributed by atoms with van der Waals surface area (Å²) in [6, 6.07) is 0.260. The van der Waals surface area contributed by atoms with E-state index in [-0.39, 0.29) is 11.9 Å². The van der Waals surface area contributed by atoms with E-state index in [9.17, 15) is 4.79 Å². The maximum Gasteiger partial charge on any atom is 0.238 e. The highest BCUT2D eigenvalue weighted by molar-refractivity contribution is 5.84. The van der Waals surface area contributed by atoms with Gasteiger partial charge in [0, 0.05) is 12.6 Å². The van der Waals surface area contributed by atoms with Crippen LogP contribution in [-0.2, 0) is 4.79 Å². The Morgan fingerprint density at radius 3 is 2.41 bits per heavy atom. The highest BCUT2D eigenvalue weighted by atomic mass is 16.1. The van der Waals surface area contributed by atoms with Crippen LogP contribution in [-0.4, -0.2) is 42.0 Å². The molecular formula is C13H27N3O. The van der Waals surface area contributed by atoms with Gasteiger partial charge >= 0.3 is 0 Å². The minimum atomic E-state index is -0.616. The van der Waals surface area contributed by atoms with E-state index in [1.165, 1.54) is 12.8 Å². The molecule has 17 heavy (non-hydrogen) atoms. The molecule has 1 aliphatic rings. The van der Waals surface area contributed by atoms with Crippen molar-refractivity contribution in [3.8, 4) is 0 Å². The van der Waals surface area contributed by atoms with E-state index in [0.29, 0.717) is 6.54 Å². The molecule has 1 heterocycles. The minimum absolute atomic E-state index is 0.259. The molecule has 3 N–H and O–H groups in total. The van der Waals surface area contributed by atoms with Gasteiger partial charge in [-0.1, -0.05) is 6.92 Å². The predicted molar refractivity (Wildman–Crippen MR) is 70.7 cm³/mol. The van der Waals surface area contributed by atoms with Gasteiger partial charge in [0.15, 0.2) is 0 Å². The lowest BCUT2D eigenvalue weighted by Gasteiger charge is -2.38. The molecule has 1 aliphatic heterocycles. The summed E-state index contributed by atoms with van der Waals surface area (Å²) in [5, 5.41) is 3.30. The average Bonchev–Trinajstić information content (AvgIpc) is 2.20. The average molecular weight is 241 g/mol. The molecule has 0 aromatic rings. The second-order valence-corrected chi connectivity index (χ2v) is 5.95. The Morgan fingerprint density at radius 2 is 2.00 bits per heavy atom. The van der Waals surface area contributed by atoms with Crippen molar-refractivity contribution in [1.82, 2.24) is 10.2 Å². The van der Waals surface area contributed by atoms with Crippen LogP contribution in [0.1, 0.15) is 40.5 Å². The smallest absolute Gasteiger partial charge is 0.238 e. The van der Waals surface area contributed by atoms with E-state index in [1.807, 2.05) is 20.8 Å². The molecule has 0 saturated carbocycles. The Morgan fingerprint density at radius 1 is 1.47 bits per heavy atom. The number of likely N-dealkylation sites (tertiary alicyclic amines) is 1. The van der Waals surface area contributed by atoms with Gasteiger partial charge in [-0.3, -0.25) is 4.79 Å². The quantitative estimate of drug-likeness (QED) is 0.754. The van der Waals surface area contributed by atoms with Gasteiger partial charge in [0.1, 0.15) is 5.54 Å². The van der Waals surface area contributed by atoms with E-state index in [4.69, 9.17) is 5.73 Å². The van der Waals surface area contributed by atoms with Crippen molar-refractivity contribution in [2.75, 3.05) is 19.6 Å². The highest BCUT2D eigenvalue weighted by Crippen LogP contribution is 2.18. The largest absolute Gasteiger partial charge is 0.368 e. The van der Waals surface area contributed by atoms with Gasteiger partial charge in [0.25, 0.3) is 0 Å². The number of nitrogens with two attached hydrogens (primary N) is 1. The topological polar surface area (TPSA) is 58.4 Å². The normalized spacial score (nSPS) is 22.6. The van der Waals surface area contributed by atoms with Gasteiger partial charge in [-0.25, -0.2) is 0 Å². The van der Waals surface area contributed by atoms with Crippen molar-refractivity contribution in [3.05, 3.63) is 0 Å². The zero-order valence-corrected chi connectivity index (χ0v) is 11.6. The van der Waals surface area contributed by atoms with Crippen molar-refractivity contribution < 1.29 is 4.79 Å². The third-order valence-electron chi connectivity index (χ3n) is 3.57. The summed E-state index contributed by atoms with van der Waals surface area (Å²) in [5.41, 5.74) is 4.92. The van der Waals surface area contributed by atoms with Crippen molar-refractivity contribution in [3.63, 3.8) is 0 Å². The lowest BCUT2D eigenvalue weighted by molar-refractivity contribution is -0.125. The lowest BCUT2D eigenvalue weighted by Crippen LogP contribution is -2.61. The van der Waals surface area contributed by atoms with Crippen molar-refractivity contribution in [1.29, 1.82) is 0 Å². The third-order valence-corrected chi connectivity index (χ3v) is 3.57. The number of rotatable bonds is 5. The number of amides is 1. The van der Waals surface area contributed by atoms with Crippen LogP contribution in [0, 0.1) is 5.92 Å². The summed E-state index contributed by atoms with van der Waals surface area (Å²) in [7, 11) is 0. The van der Waals surface area contributed by atoms with E-state index in [0.717, 1.165) is 19.0 Å². The molecule has 1 atom stereocenters. The van der Waals surface area contributed by atoms with Crippen LogP contribution in [0.4, 0.5) is 0 Å². The lowest BCUT2D eigenvalue weighted by atomic mass is 9.95. The molecule has 1 saturated heterocycles. The van der Waals surface area contributed by atoms with Crippen molar-refractivity contribution in [2.45, 2.75) is 52.1 Å². The van der Waals surface area contributed by atoms with Crippen molar-refractivity contribution in [2.24, 2.45) is 11.7 Å². The molecule has 100 valence electrons. The molecule has 0 bridgehead atoms. The molecule has 0 aromatic carbocycles. The van der Waals surface area contributed by atoms with E-state index in [2.05, 4.69) is 17.1 Å². The number of carbonyl (C=O) groups is 1. The monoisotopic (exact) mass is 241 g/mol. The van der Waals surface area contributed by atoms with Crippen LogP contribution in [0.5, 0.6) is 0 Å². The first-order valence-corrected chi connectivity index (χ1v) is 6.63. The first-order valence-electron chi connectivity index (χ1n) is 6.63. The maximum absolute atomic E-state index is 11.6. The molecule has 0 radical (unpaired) electrons. The van der Waals surface area contributed by atoms with E-state index < -0.39 is 5.54 Å². The molecule has 1 rings (SSSR count). The summed E-state index contributed by atoms with van der Waals surface area (Å²) >= 11 is 0.